The molecule has 0 bridgehead atoms. The first kappa shape index (κ1) is 7.23. The third kappa shape index (κ3) is 1.82. The van der Waals surface area contributed by atoms with Crippen molar-refractivity contribution in [2.45, 2.75) is 19.8 Å². The van der Waals surface area contributed by atoms with E-state index >= 15 is 0 Å². The van der Waals surface area contributed by atoms with E-state index < -0.39 is 0 Å². The first-order valence-electron chi connectivity index (χ1n) is 3.11. The van der Waals surface area contributed by atoms with Crippen LogP contribution in [0.3, 0.4) is 0 Å². The molecule has 2 nitrogen and oxygen atoms in total. The second-order valence-corrected chi connectivity index (χ2v) is 3.32. The summed E-state index contributed by atoms with van der Waals surface area (Å²) in [6.45, 7) is 1.97. The van der Waals surface area contributed by atoms with Crippen LogP contribution in [-0.2, 0) is 6.42 Å². The van der Waals surface area contributed by atoms with Gasteiger partial charge in [-0.05, 0) is 13.3 Å². The van der Waals surface area contributed by atoms with Crippen LogP contribution in [0.2, 0.25) is 0 Å². The van der Waals surface area contributed by atoms with E-state index in [0.29, 0.717) is 6.42 Å². The summed E-state index contributed by atoms with van der Waals surface area (Å²) < 4.78 is 0. The Morgan fingerprint density at radius 2 is 2.60 bits per heavy atom. The molecule has 1 aromatic heterocycles. The van der Waals surface area contributed by atoms with Crippen molar-refractivity contribution in [2.24, 2.45) is 0 Å². The van der Waals surface area contributed by atoms with Gasteiger partial charge in [-0.3, -0.25) is 0 Å². The van der Waals surface area contributed by atoms with Crippen LogP contribution in [0.1, 0.15) is 16.3 Å². The number of rotatable bonds is 2. The lowest BCUT2D eigenvalue weighted by molar-refractivity contribution is 1.03. The fraction of sp³-hybridized carbons (Fsp3) is 0.429. The summed E-state index contributed by atoms with van der Waals surface area (Å²) in [5, 5.41) is 9.35. The lowest BCUT2D eigenvalue weighted by atomic mass is 10.3. The highest BCUT2D eigenvalue weighted by molar-refractivity contribution is 7.11. The van der Waals surface area contributed by atoms with Gasteiger partial charge in [0, 0.05) is 17.5 Å². The van der Waals surface area contributed by atoms with Crippen LogP contribution in [0.5, 0.6) is 0 Å². The summed E-state index contributed by atoms with van der Waals surface area (Å²) in [7, 11) is 0. The van der Waals surface area contributed by atoms with Gasteiger partial charge in [0.25, 0.3) is 0 Å². The van der Waals surface area contributed by atoms with Crippen molar-refractivity contribution in [3.8, 4) is 6.07 Å². The standard InChI is InChI=1S/C7H8N2S/c1-6-9-5-7(10-6)3-2-4-8/h5H,2-3H2,1H3. The third-order valence-electron chi connectivity index (χ3n) is 1.15. The molecule has 52 valence electrons. The van der Waals surface area contributed by atoms with Crippen molar-refractivity contribution in [3.05, 3.63) is 16.1 Å². The fourth-order valence-electron chi connectivity index (χ4n) is 0.700. The number of hydrogen-bond acceptors (Lipinski definition) is 3. The molecule has 10 heavy (non-hydrogen) atoms. The summed E-state index contributed by atoms with van der Waals surface area (Å²) in [4.78, 5) is 5.29. The molecular formula is C7H8N2S. The molecule has 1 aromatic rings. The van der Waals surface area contributed by atoms with E-state index in [2.05, 4.69) is 11.1 Å². The molecule has 0 aliphatic carbocycles. The second-order valence-electron chi connectivity index (χ2n) is 2.00. The summed E-state index contributed by atoms with van der Waals surface area (Å²) >= 11 is 1.67. The van der Waals surface area contributed by atoms with Crippen LogP contribution in [-0.4, -0.2) is 4.98 Å². The second kappa shape index (κ2) is 3.33. The Morgan fingerprint density at radius 1 is 1.80 bits per heavy atom. The van der Waals surface area contributed by atoms with Gasteiger partial charge in [-0.2, -0.15) is 5.26 Å². The molecule has 0 aromatic carbocycles. The molecule has 0 spiro atoms. The predicted molar refractivity (Wildman–Crippen MR) is 40.8 cm³/mol. The van der Waals surface area contributed by atoms with E-state index in [1.807, 2.05) is 13.1 Å². The highest BCUT2D eigenvalue weighted by atomic mass is 32.1. The molecule has 0 fully saturated rings. The number of aromatic nitrogens is 1. The van der Waals surface area contributed by atoms with E-state index in [-0.39, 0.29) is 0 Å². The summed E-state index contributed by atoms with van der Waals surface area (Å²) in [6.07, 6.45) is 3.29. The van der Waals surface area contributed by atoms with E-state index in [4.69, 9.17) is 5.26 Å². The average Bonchev–Trinajstić information content (AvgIpc) is 2.31. The molecule has 0 N–H and O–H groups in total. The van der Waals surface area contributed by atoms with Crippen molar-refractivity contribution in [1.29, 1.82) is 5.26 Å². The van der Waals surface area contributed by atoms with Gasteiger partial charge in [-0.1, -0.05) is 0 Å². The maximum Gasteiger partial charge on any atom is 0.0896 e. The van der Waals surface area contributed by atoms with Crippen LogP contribution >= 0.6 is 11.3 Å². The molecule has 0 unspecified atom stereocenters. The monoisotopic (exact) mass is 152 g/mol. The zero-order valence-corrected chi connectivity index (χ0v) is 6.61. The molecule has 0 radical (unpaired) electrons. The summed E-state index contributed by atoms with van der Waals surface area (Å²) in [6, 6.07) is 2.10. The summed E-state index contributed by atoms with van der Waals surface area (Å²) in [5.41, 5.74) is 0. The smallest absolute Gasteiger partial charge is 0.0896 e. The molecule has 0 aliphatic heterocycles. The van der Waals surface area contributed by atoms with E-state index in [9.17, 15) is 0 Å². The van der Waals surface area contributed by atoms with Gasteiger partial charge in [-0.15, -0.1) is 11.3 Å². The van der Waals surface area contributed by atoms with Crippen LogP contribution < -0.4 is 0 Å². The molecule has 0 atom stereocenters. The van der Waals surface area contributed by atoms with Crippen LogP contribution in [0.15, 0.2) is 6.20 Å². The van der Waals surface area contributed by atoms with Crippen molar-refractivity contribution in [2.75, 3.05) is 0 Å². The lowest BCUT2D eigenvalue weighted by Crippen LogP contribution is -1.74. The Bertz CT molecular complexity index is 246. The van der Waals surface area contributed by atoms with Crippen molar-refractivity contribution in [1.82, 2.24) is 4.98 Å². The van der Waals surface area contributed by atoms with Gasteiger partial charge in [0.15, 0.2) is 0 Å². The van der Waals surface area contributed by atoms with E-state index in [1.54, 1.807) is 11.3 Å². The number of thiazole rings is 1. The van der Waals surface area contributed by atoms with Crippen molar-refractivity contribution >= 4 is 11.3 Å². The van der Waals surface area contributed by atoms with Crippen LogP contribution in [0.25, 0.3) is 0 Å². The van der Waals surface area contributed by atoms with Gasteiger partial charge < -0.3 is 0 Å². The molecular weight excluding hydrogens is 144 g/mol. The van der Waals surface area contributed by atoms with Gasteiger partial charge >= 0.3 is 0 Å². The predicted octanol–water partition coefficient (Wildman–Crippen LogP) is 1.91. The Kier molecular flexibility index (Phi) is 2.41. The molecule has 1 rings (SSSR count). The largest absolute Gasteiger partial charge is 0.250 e. The highest BCUT2D eigenvalue weighted by Gasteiger charge is 1.95. The zero-order chi connectivity index (χ0) is 7.40. The maximum atomic E-state index is 8.27. The minimum Gasteiger partial charge on any atom is -0.250 e. The first-order chi connectivity index (χ1) is 4.83. The van der Waals surface area contributed by atoms with E-state index in [0.717, 1.165) is 11.4 Å². The number of nitrogens with zero attached hydrogens (tertiary/aromatic N) is 2. The third-order valence-corrected chi connectivity index (χ3v) is 2.12. The van der Waals surface area contributed by atoms with Gasteiger partial charge in [-0.25, -0.2) is 4.98 Å². The number of aryl methyl sites for hydroxylation is 2. The first-order valence-corrected chi connectivity index (χ1v) is 3.93. The Morgan fingerprint density at radius 3 is 3.10 bits per heavy atom. The average molecular weight is 152 g/mol. The zero-order valence-electron chi connectivity index (χ0n) is 5.79. The molecule has 0 saturated heterocycles. The molecule has 0 amide bonds. The van der Waals surface area contributed by atoms with Crippen LogP contribution in [0.4, 0.5) is 0 Å². The molecule has 3 heteroatoms. The van der Waals surface area contributed by atoms with Gasteiger partial charge in [0.2, 0.25) is 0 Å². The lowest BCUT2D eigenvalue weighted by Gasteiger charge is -1.83. The number of hydrogen-bond donors (Lipinski definition) is 0. The summed E-state index contributed by atoms with van der Waals surface area (Å²) in [5.74, 6) is 0. The highest BCUT2D eigenvalue weighted by Crippen LogP contribution is 2.12. The minimum atomic E-state index is 0.599. The minimum absolute atomic E-state index is 0.599. The molecule has 0 saturated carbocycles. The fourth-order valence-corrected chi connectivity index (χ4v) is 1.49. The Hall–Kier alpha value is -0.880. The normalized spacial score (nSPS) is 9.20. The van der Waals surface area contributed by atoms with Crippen LogP contribution in [0, 0.1) is 18.3 Å². The SMILES string of the molecule is Cc1ncc(CCC#N)s1. The quantitative estimate of drug-likeness (QED) is 0.649. The maximum absolute atomic E-state index is 8.27. The molecule has 0 aliphatic rings. The molecule has 1 heterocycles. The Labute approximate surface area is 64.1 Å². The topological polar surface area (TPSA) is 36.7 Å². The van der Waals surface area contributed by atoms with Crippen molar-refractivity contribution in [3.63, 3.8) is 0 Å². The van der Waals surface area contributed by atoms with E-state index in [1.165, 1.54) is 4.88 Å². The van der Waals surface area contributed by atoms with Crippen molar-refractivity contribution < 1.29 is 0 Å². The van der Waals surface area contributed by atoms with Gasteiger partial charge in [0.1, 0.15) is 0 Å². The number of nitriles is 1. The van der Waals surface area contributed by atoms with Gasteiger partial charge in [0.05, 0.1) is 11.1 Å². The Balaban J connectivity index is 2.52.